The first kappa shape index (κ1) is 10.3. The second kappa shape index (κ2) is 4.46. The summed E-state index contributed by atoms with van der Waals surface area (Å²) in [6.07, 6.45) is 1.18. The number of carbonyl (C=O) groups is 1. The quantitative estimate of drug-likeness (QED) is 0.628. The number of urea groups is 1. The minimum Gasteiger partial charge on any atom is -0.393 e. The SMILES string of the molecule is CC(C)NC(=O)N1CCC(O)CC1. The molecule has 0 radical (unpaired) electrons. The van der Waals surface area contributed by atoms with Crippen molar-refractivity contribution in [2.24, 2.45) is 0 Å². The van der Waals surface area contributed by atoms with E-state index in [0.29, 0.717) is 25.9 Å². The number of amides is 2. The van der Waals surface area contributed by atoms with Crippen molar-refractivity contribution in [3.8, 4) is 0 Å². The molecule has 4 nitrogen and oxygen atoms in total. The Balaban J connectivity index is 2.31. The zero-order valence-corrected chi connectivity index (χ0v) is 8.29. The topological polar surface area (TPSA) is 52.6 Å². The zero-order chi connectivity index (χ0) is 9.84. The van der Waals surface area contributed by atoms with Crippen LogP contribution in [-0.4, -0.2) is 41.3 Å². The Hall–Kier alpha value is -0.770. The maximum absolute atomic E-state index is 11.4. The number of piperidine rings is 1. The van der Waals surface area contributed by atoms with Crippen LogP contribution in [0, 0.1) is 0 Å². The Labute approximate surface area is 78.9 Å². The van der Waals surface area contributed by atoms with Crippen LogP contribution in [0.2, 0.25) is 0 Å². The van der Waals surface area contributed by atoms with E-state index in [0.717, 1.165) is 0 Å². The summed E-state index contributed by atoms with van der Waals surface area (Å²) in [5.74, 6) is 0. The molecule has 1 saturated heterocycles. The molecule has 13 heavy (non-hydrogen) atoms. The molecule has 0 aromatic heterocycles. The highest BCUT2D eigenvalue weighted by Crippen LogP contribution is 2.09. The van der Waals surface area contributed by atoms with Crippen LogP contribution in [0.25, 0.3) is 0 Å². The van der Waals surface area contributed by atoms with Gasteiger partial charge in [-0.25, -0.2) is 4.79 Å². The monoisotopic (exact) mass is 186 g/mol. The number of aliphatic hydroxyl groups excluding tert-OH is 1. The molecule has 1 rings (SSSR count). The highest BCUT2D eigenvalue weighted by molar-refractivity contribution is 5.74. The Morgan fingerprint density at radius 2 is 2.00 bits per heavy atom. The molecule has 0 aromatic carbocycles. The predicted octanol–water partition coefficient (Wildman–Crippen LogP) is 0.561. The lowest BCUT2D eigenvalue weighted by Gasteiger charge is -2.30. The smallest absolute Gasteiger partial charge is 0.317 e. The van der Waals surface area contributed by atoms with Crippen molar-refractivity contribution in [1.82, 2.24) is 10.2 Å². The van der Waals surface area contributed by atoms with E-state index in [1.54, 1.807) is 4.90 Å². The van der Waals surface area contributed by atoms with Crippen LogP contribution in [0.4, 0.5) is 4.79 Å². The summed E-state index contributed by atoms with van der Waals surface area (Å²) in [4.78, 5) is 13.2. The van der Waals surface area contributed by atoms with Crippen LogP contribution >= 0.6 is 0 Å². The highest BCUT2D eigenvalue weighted by atomic mass is 16.3. The minimum absolute atomic E-state index is 0.0121. The summed E-state index contributed by atoms with van der Waals surface area (Å²) in [6.45, 7) is 5.22. The van der Waals surface area contributed by atoms with Gasteiger partial charge >= 0.3 is 6.03 Å². The van der Waals surface area contributed by atoms with Crippen molar-refractivity contribution in [2.75, 3.05) is 13.1 Å². The summed E-state index contributed by atoms with van der Waals surface area (Å²) < 4.78 is 0. The van der Waals surface area contributed by atoms with E-state index in [-0.39, 0.29) is 18.2 Å². The molecular formula is C9H18N2O2. The molecule has 2 N–H and O–H groups in total. The van der Waals surface area contributed by atoms with Crippen LogP contribution in [0.1, 0.15) is 26.7 Å². The zero-order valence-electron chi connectivity index (χ0n) is 8.29. The molecule has 4 heteroatoms. The normalized spacial score (nSPS) is 19.2. The number of nitrogens with zero attached hydrogens (tertiary/aromatic N) is 1. The lowest BCUT2D eigenvalue weighted by molar-refractivity contribution is 0.0932. The van der Waals surface area contributed by atoms with Crippen molar-refractivity contribution in [2.45, 2.75) is 38.8 Å². The third-order valence-electron chi connectivity index (χ3n) is 2.16. The number of nitrogens with one attached hydrogen (secondary N) is 1. The summed E-state index contributed by atoms with van der Waals surface area (Å²) in [7, 11) is 0. The molecule has 2 amide bonds. The van der Waals surface area contributed by atoms with Gasteiger partial charge in [0.25, 0.3) is 0 Å². The molecule has 1 fully saturated rings. The maximum Gasteiger partial charge on any atom is 0.317 e. The molecule has 1 aliphatic heterocycles. The van der Waals surface area contributed by atoms with Gasteiger partial charge in [0.15, 0.2) is 0 Å². The number of rotatable bonds is 1. The molecule has 1 heterocycles. The van der Waals surface area contributed by atoms with Gasteiger partial charge in [-0.05, 0) is 26.7 Å². The van der Waals surface area contributed by atoms with E-state index in [1.165, 1.54) is 0 Å². The molecule has 0 unspecified atom stereocenters. The standard InChI is InChI=1S/C9H18N2O2/c1-7(2)10-9(13)11-5-3-8(12)4-6-11/h7-8,12H,3-6H2,1-2H3,(H,10,13). The van der Waals surface area contributed by atoms with E-state index in [4.69, 9.17) is 0 Å². The third-order valence-corrected chi connectivity index (χ3v) is 2.16. The molecule has 0 aromatic rings. The first-order valence-electron chi connectivity index (χ1n) is 4.83. The molecule has 0 bridgehead atoms. The van der Waals surface area contributed by atoms with Gasteiger partial charge in [0, 0.05) is 19.1 Å². The Morgan fingerprint density at radius 3 is 2.46 bits per heavy atom. The summed E-state index contributed by atoms with van der Waals surface area (Å²) in [5, 5.41) is 12.1. The van der Waals surface area contributed by atoms with Gasteiger partial charge in [-0.2, -0.15) is 0 Å². The van der Waals surface area contributed by atoms with Crippen molar-refractivity contribution in [3.63, 3.8) is 0 Å². The van der Waals surface area contributed by atoms with Crippen LogP contribution in [0.15, 0.2) is 0 Å². The largest absolute Gasteiger partial charge is 0.393 e. The second-order valence-electron chi connectivity index (χ2n) is 3.82. The first-order valence-corrected chi connectivity index (χ1v) is 4.83. The number of hydrogen-bond donors (Lipinski definition) is 2. The molecule has 0 atom stereocenters. The molecule has 1 aliphatic rings. The number of hydrogen-bond acceptors (Lipinski definition) is 2. The fraction of sp³-hybridized carbons (Fsp3) is 0.889. The average Bonchev–Trinajstić information content (AvgIpc) is 2.04. The van der Waals surface area contributed by atoms with E-state index >= 15 is 0 Å². The first-order chi connectivity index (χ1) is 6.09. The molecule has 0 aliphatic carbocycles. The number of likely N-dealkylation sites (tertiary alicyclic amines) is 1. The second-order valence-corrected chi connectivity index (χ2v) is 3.82. The lowest BCUT2D eigenvalue weighted by Crippen LogP contribution is -2.47. The van der Waals surface area contributed by atoms with Gasteiger partial charge in [0.2, 0.25) is 0 Å². The van der Waals surface area contributed by atoms with Gasteiger partial charge in [-0.3, -0.25) is 0 Å². The van der Waals surface area contributed by atoms with Crippen molar-refractivity contribution < 1.29 is 9.90 Å². The lowest BCUT2D eigenvalue weighted by atomic mass is 10.1. The molecule has 0 saturated carbocycles. The fourth-order valence-corrected chi connectivity index (χ4v) is 1.41. The summed E-state index contributed by atoms with van der Waals surface area (Å²) in [5.41, 5.74) is 0. The molecular weight excluding hydrogens is 168 g/mol. The molecule has 76 valence electrons. The van der Waals surface area contributed by atoms with Crippen LogP contribution in [0.3, 0.4) is 0 Å². The van der Waals surface area contributed by atoms with Crippen LogP contribution < -0.4 is 5.32 Å². The maximum atomic E-state index is 11.4. The Kier molecular flexibility index (Phi) is 3.54. The van der Waals surface area contributed by atoms with Crippen LogP contribution in [0.5, 0.6) is 0 Å². The van der Waals surface area contributed by atoms with Gasteiger partial charge in [-0.15, -0.1) is 0 Å². The fourth-order valence-electron chi connectivity index (χ4n) is 1.41. The van der Waals surface area contributed by atoms with Crippen LogP contribution in [-0.2, 0) is 0 Å². The third kappa shape index (κ3) is 3.22. The van der Waals surface area contributed by atoms with Gasteiger partial charge in [0.05, 0.1) is 6.10 Å². The van der Waals surface area contributed by atoms with E-state index < -0.39 is 0 Å². The van der Waals surface area contributed by atoms with Crippen molar-refractivity contribution >= 4 is 6.03 Å². The minimum atomic E-state index is -0.219. The number of carbonyl (C=O) groups excluding carboxylic acids is 1. The van der Waals surface area contributed by atoms with E-state index in [9.17, 15) is 9.90 Å². The summed E-state index contributed by atoms with van der Waals surface area (Å²) in [6, 6.07) is 0.168. The average molecular weight is 186 g/mol. The highest BCUT2D eigenvalue weighted by Gasteiger charge is 2.21. The van der Waals surface area contributed by atoms with E-state index in [1.807, 2.05) is 13.8 Å². The van der Waals surface area contributed by atoms with Gasteiger partial charge < -0.3 is 15.3 Å². The Bertz CT molecular complexity index is 174. The Morgan fingerprint density at radius 1 is 1.46 bits per heavy atom. The molecule has 0 spiro atoms. The van der Waals surface area contributed by atoms with Gasteiger partial charge in [-0.1, -0.05) is 0 Å². The predicted molar refractivity (Wildman–Crippen MR) is 50.5 cm³/mol. The van der Waals surface area contributed by atoms with E-state index in [2.05, 4.69) is 5.32 Å². The number of aliphatic hydroxyl groups is 1. The van der Waals surface area contributed by atoms with Crippen molar-refractivity contribution in [3.05, 3.63) is 0 Å². The van der Waals surface area contributed by atoms with Gasteiger partial charge in [0.1, 0.15) is 0 Å². The van der Waals surface area contributed by atoms with Crippen molar-refractivity contribution in [1.29, 1.82) is 0 Å². The summed E-state index contributed by atoms with van der Waals surface area (Å²) >= 11 is 0.